The molecule has 2 N–H and O–H groups in total. The molecule has 0 aromatic carbocycles. The van der Waals surface area contributed by atoms with Crippen molar-refractivity contribution in [3.8, 4) is 0 Å². The first kappa shape index (κ1) is 15.6. The molecule has 2 fully saturated rings. The lowest BCUT2D eigenvalue weighted by molar-refractivity contribution is -0.138. The summed E-state index contributed by atoms with van der Waals surface area (Å²) in [4.78, 5) is 38.4. The van der Waals surface area contributed by atoms with Gasteiger partial charge in [-0.2, -0.15) is 0 Å². The maximum absolute atomic E-state index is 12.5. The van der Waals surface area contributed by atoms with E-state index in [0.29, 0.717) is 32.5 Å². The summed E-state index contributed by atoms with van der Waals surface area (Å²) in [5.41, 5.74) is 0. The number of amides is 3. The van der Waals surface area contributed by atoms with Gasteiger partial charge < -0.3 is 20.2 Å². The summed E-state index contributed by atoms with van der Waals surface area (Å²) >= 11 is 0. The Kier molecular flexibility index (Phi) is 5.03. The summed E-state index contributed by atoms with van der Waals surface area (Å²) in [6.45, 7) is 1.76. The summed E-state index contributed by atoms with van der Waals surface area (Å²) < 4.78 is 0. The van der Waals surface area contributed by atoms with Crippen molar-refractivity contribution >= 4 is 17.9 Å². The number of carbonyl (C=O) groups is 3. The van der Waals surface area contributed by atoms with Crippen LogP contribution < -0.4 is 5.32 Å². The molecule has 2 saturated heterocycles. The van der Waals surface area contributed by atoms with E-state index in [1.165, 1.54) is 0 Å². The number of piperidine rings is 1. The molecule has 2 aliphatic rings. The number of hydrogen-bond acceptors (Lipinski definition) is 3. The van der Waals surface area contributed by atoms with E-state index >= 15 is 0 Å². The van der Waals surface area contributed by atoms with E-state index in [9.17, 15) is 14.4 Å². The standard InChI is InChI=1S/C14H23N3O4/c1-15-13(20)10-4-7-16(8-5-10)14(21)17-6-2-3-11(17)9-12(18)19/h10-11H,2-9H2,1H3,(H,15,20)(H,18,19). The van der Waals surface area contributed by atoms with Crippen LogP contribution in [0.15, 0.2) is 0 Å². The van der Waals surface area contributed by atoms with Crippen LogP contribution in [0.4, 0.5) is 4.79 Å². The van der Waals surface area contributed by atoms with Crippen LogP contribution in [0.5, 0.6) is 0 Å². The van der Waals surface area contributed by atoms with E-state index in [0.717, 1.165) is 12.8 Å². The number of carbonyl (C=O) groups excluding carboxylic acids is 2. The number of carboxylic acids is 1. The summed E-state index contributed by atoms with van der Waals surface area (Å²) in [6, 6.07) is -0.263. The zero-order chi connectivity index (χ0) is 15.4. The van der Waals surface area contributed by atoms with Gasteiger partial charge in [-0.3, -0.25) is 9.59 Å². The van der Waals surface area contributed by atoms with Gasteiger partial charge >= 0.3 is 12.0 Å². The summed E-state index contributed by atoms with van der Waals surface area (Å²) in [6.07, 6.45) is 2.97. The topological polar surface area (TPSA) is 90.0 Å². The molecule has 2 heterocycles. The molecule has 2 aliphatic heterocycles. The molecule has 0 radical (unpaired) electrons. The van der Waals surface area contributed by atoms with Crippen LogP contribution in [0.2, 0.25) is 0 Å². The highest BCUT2D eigenvalue weighted by Crippen LogP contribution is 2.24. The molecule has 2 rings (SSSR count). The minimum absolute atomic E-state index is 0.0143. The molecular formula is C14H23N3O4. The van der Waals surface area contributed by atoms with Gasteiger partial charge in [0.25, 0.3) is 0 Å². The van der Waals surface area contributed by atoms with Crippen molar-refractivity contribution in [1.82, 2.24) is 15.1 Å². The van der Waals surface area contributed by atoms with Crippen LogP contribution in [-0.2, 0) is 9.59 Å². The predicted molar refractivity (Wildman–Crippen MR) is 75.7 cm³/mol. The molecule has 3 amide bonds. The van der Waals surface area contributed by atoms with Crippen LogP contribution in [0, 0.1) is 5.92 Å². The second kappa shape index (κ2) is 6.78. The molecule has 0 aromatic rings. The van der Waals surface area contributed by atoms with E-state index in [1.54, 1.807) is 16.8 Å². The van der Waals surface area contributed by atoms with E-state index in [1.807, 2.05) is 0 Å². The van der Waals surface area contributed by atoms with Crippen LogP contribution in [0.1, 0.15) is 32.1 Å². The van der Waals surface area contributed by atoms with Crippen molar-refractivity contribution in [1.29, 1.82) is 0 Å². The first-order valence-corrected chi connectivity index (χ1v) is 7.52. The van der Waals surface area contributed by atoms with Gasteiger partial charge in [-0.05, 0) is 25.7 Å². The molecule has 0 spiro atoms. The lowest BCUT2D eigenvalue weighted by atomic mass is 9.96. The largest absolute Gasteiger partial charge is 0.481 e. The SMILES string of the molecule is CNC(=O)C1CCN(C(=O)N2CCCC2CC(=O)O)CC1. The molecule has 0 bridgehead atoms. The Labute approximate surface area is 124 Å². The fourth-order valence-corrected chi connectivity index (χ4v) is 3.22. The number of aliphatic carboxylic acids is 1. The maximum Gasteiger partial charge on any atom is 0.320 e. The van der Waals surface area contributed by atoms with Gasteiger partial charge in [-0.1, -0.05) is 0 Å². The number of likely N-dealkylation sites (tertiary alicyclic amines) is 2. The quantitative estimate of drug-likeness (QED) is 0.794. The molecule has 0 saturated carbocycles. The van der Waals surface area contributed by atoms with Gasteiger partial charge in [0.2, 0.25) is 5.91 Å². The minimum atomic E-state index is -0.863. The highest BCUT2D eigenvalue weighted by molar-refractivity contribution is 5.80. The van der Waals surface area contributed by atoms with Gasteiger partial charge in [0.1, 0.15) is 0 Å². The van der Waals surface area contributed by atoms with E-state index in [4.69, 9.17) is 5.11 Å². The second-order valence-corrected chi connectivity index (χ2v) is 5.75. The van der Waals surface area contributed by atoms with Crippen molar-refractivity contribution in [2.45, 2.75) is 38.1 Å². The van der Waals surface area contributed by atoms with Gasteiger partial charge in [0.05, 0.1) is 6.42 Å². The molecule has 118 valence electrons. The fourth-order valence-electron chi connectivity index (χ4n) is 3.22. The van der Waals surface area contributed by atoms with Crippen LogP contribution in [0.25, 0.3) is 0 Å². The van der Waals surface area contributed by atoms with Gasteiger partial charge in [0, 0.05) is 38.6 Å². The fraction of sp³-hybridized carbons (Fsp3) is 0.786. The third-order valence-corrected chi connectivity index (χ3v) is 4.42. The maximum atomic E-state index is 12.5. The van der Waals surface area contributed by atoms with Gasteiger partial charge in [-0.25, -0.2) is 4.79 Å². The van der Waals surface area contributed by atoms with Crippen LogP contribution >= 0.6 is 0 Å². The number of rotatable bonds is 3. The monoisotopic (exact) mass is 297 g/mol. The Hall–Kier alpha value is -1.79. The first-order chi connectivity index (χ1) is 10.0. The zero-order valence-electron chi connectivity index (χ0n) is 12.4. The van der Waals surface area contributed by atoms with Gasteiger partial charge in [0.15, 0.2) is 0 Å². The molecule has 7 nitrogen and oxygen atoms in total. The normalized spacial score (nSPS) is 23.2. The highest BCUT2D eigenvalue weighted by Gasteiger charge is 2.35. The van der Waals surface area contributed by atoms with Crippen molar-refractivity contribution in [2.75, 3.05) is 26.7 Å². The summed E-state index contributed by atoms with van der Waals surface area (Å²) in [7, 11) is 1.63. The van der Waals surface area contributed by atoms with Crippen molar-refractivity contribution in [2.24, 2.45) is 5.92 Å². The zero-order valence-corrected chi connectivity index (χ0v) is 12.4. The summed E-state index contributed by atoms with van der Waals surface area (Å²) in [5.74, 6) is -0.850. The number of urea groups is 1. The molecule has 7 heteroatoms. The van der Waals surface area contributed by atoms with E-state index in [2.05, 4.69) is 5.32 Å². The van der Waals surface area contributed by atoms with Crippen molar-refractivity contribution in [3.63, 3.8) is 0 Å². The third kappa shape index (κ3) is 3.65. The Balaban J connectivity index is 1.89. The smallest absolute Gasteiger partial charge is 0.320 e. The lowest BCUT2D eigenvalue weighted by Crippen LogP contribution is -2.50. The Morgan fingerprint density at radius 1 is 1.14 bits per heavy atom. The Morgan fingerprint density at radius 3 is 2.38 bits per heavy atom. The number of nitrogens with one attached hydrogen (secondary N) is 1. The Bertz CT molecular complexity index is 418. The van der Waals surface area contributed by atoms with Crippen molar-refractivity contribution in [3.05, 3.63) is 0 Å². The number of hydrogen-bond donors (Lipinski definition) is 2. The molecule has 1 atom stereocenters. The third-order valence-electron chi connectivity index (χ3n) is 4.42. The first-order valence-electron chi connectivity index (χ1n) is 7.52. The molecule has 21 heavy (non-hydrogen) atoms. The minimum Gasteiger partial charge on any atom is -0.481 e. The van der Waals surface area contributed by atoms with Crippen LogP contribution in [-0.4, -0.2) is 65.5 Å². The molecular weight excluding hydrogens is 274 g/mol. The molecule has 0 aliphatic carbocycles. The highest BCUT2D eigenvalue weighted by atomic mass is 16.4. The average Bonchev–Trinajstić information content (AvgIpc) is 2.93. The second-order valence-electron chi connectivity index (χ2n) is 5.75. The Morgan fingerprint density at radius 2 is 1.81 bits per heavy atom. The predicted octanol–water partition coefficient (Wildman–Crippen LogP) is 0.504. The lowest BCUT2D eigenvalue weighted by Gasteiger charge is -2.35. The van der Waals surface area contributed by atoms with Crippen LogP contribution in [0.3, 0.4) is 0 Å². The van der Waals surface area contributed by atoms with E-state index < -0.39 is 5.97 Å². The van der Waals surface area contributed by atoms with Gasteiger partial charge in [-0.15, -0.1) is 0 Å². The average molecular weight is 297 g/mol. The van der Waals surface area contributed by atoms with Crippen molar-refractivity contribution < 1.29 is 19.5 Å². The number of carboxylic acid groups (broad SMARTS) is 1. The van der Waals surface area contributed by atoms with E-state index in [-0.39, 0.29) is 30.3 Å². The molecule has 0 aromatic heterocycles. The summed E-state index contributed by atoms with van der Waals surface area (Å²) in [5, 5.41) is 11.6. The molecule has 1 unspecified atom stereocenters. The number of nitrogens with zero attached hydrogens (tertiary/aromatic N) is 2.